The molecule has 0 aliphatic carbocycles. The van der Waals surface area contributed by atoms with Gasteiger partial charge in [-0.3, -0.25) is 4.79 Å². The molecule has 0 unspecified atom stereocenters. The van der Waals surface area contributed by atoms with Crippen molar-refractivity contribution in [3.63, 3.8) is 0 Å². The van der Waals surface area contributed by atoms with Crippen molar-refractivity contribution in [2.24, 2.45) is 0 Å². The van der Waals surface area contributed by atoms with Crippen LogP contribution in [0.2, 0.25) is 0 Å². The number of fused-ring (bicyclic) bond motifs is 1. The summed E-state index contributed by atoms with van der Waals surface area (Å²) in [5, 5.41) is 0. The molecular formula is C18H15BrFNO4. The average Bonchev–Trinajstić information content (AvgIpc) is 2.91. The predicted octanol–water partition coefficient (Wildman–Crippen LogP) is 3.47. The molecule has 2 aromatic rings. The third-order valence-electron chi connectivity index (χ3n) is 4.13. The van der Waals surface area contributed by atoms with Gasteiger partial charge in [0, 0.05) is 22.1 Å². The van der Waals surface area contributed by atoms with Crippen LogP contribution in [0.25, 0.3) is 0 Å². The lowest BCUT2D eigenvalue weighted by Crippen LogP contribution is -2.35. The topological polar surface area (TPSA) is 55.8 Å². The molecule has 0 saturated heterocycles. The number of esters is 1. The summed E-state index contributed by atoms with van der Waals surface area (Å²) < 4.78 is 24.7. The summed E-state index contributed by atoms with van der Waals surface area (Å²) in [7, 11) is 2.65. The minimum atomic E-state index is -1.10. The molecule has 3 rings (SSSR count). The average molecular weight is 408 g/mol. The molecule has 0 aromatic heterocycles. The van der Waals surface area contributed by atoms with Crippen LogP contribution in [0.15, 0.2) is 40.9 Å². The van der Waals surface area contributed by atoms with Gasteiger partial charge in [-0.2, -0.15) is 0 Å². The molecule has 0 saturated carbocycles. The van der Waals surface area contributed by atoms with E-state index in [2.05, 4.69) is 15.9 Å². The fourth-order valence-corrected chi connectivity index (χ4v) is 3.32. The van der Waals surface area contributed by atoms with Crippen LogP contribution in [0.4, 0.5) is 4.39 Å². The molecular weight excluding hydrogens is 393 g/mol. The first-order chi connectivity index (χ1) is 12.0. The fraction of sp³-hybridized carbons (Fsp3) is 0.222. The van der Waals surface area contributed by atoms with E-state index in [0.717, 1.165) is 10.0 Å². The number of carbonyl (C=O) groups excluding carboxylic acids is 2. The van der Waals surface area contributed by atoms with E-state index in [4.69, 9.17) is 9.47 Å². The Balaban J connectivity index is 2.09. The standard InChI is InChI=1S/C18H15BrFNO4/c1-24-15-6-5-12(20)8-14(15)16(18(23)25-2)21-9-10-3-4-11(19)7-13(10)17(21)22/h3-8,16H,9H2,1-2H3/t16-/m1/s1. The Bertz CT molecular complexity index is 855. The zero-order valence-electron chi connectivity index (χ0n) is 13.6. The van der Waals surface area contributed by atoms with Gasteiger partial charge in [0.2, 0.25) is 0 Å². The van der Waals surface area contributed by atoms with Gasteiger partial charge in [-0.05, 0) is 35.9 Å². The van der Waals surface area contributed by atoms with Crippen molar-refractivity contribution in [1.82, 2.24) is 4.90 Å². The third-order valence-corrected chi connectivity index (χ3v) is 4.62. The molecule has 1 heterocycles. The highest BCUT2D eigenvalue weighted by Gasteiger charge is 2.39. The van der Waals surface area contributed by atoms with E-state index in [1.165, 1.54) is 37.3 Å². The number of nitrogens with zero attached hydrogens (tertiary/aromatic N) is 1. The zero-order chi connectivity index (χ0) is 18.1. The molecule has 0 spiro atoms. The summed E-state index contributed by atoms with van der Waals surface area (Å²) in [4.78, 5) is 26.6. The number of benzene rings is 2. The van der Waals surface area contributed by atoms with Crippen LogP contribution < -0.4 is 4.74 Å². The third kappa shape index (κ3) is 3.11. The van der Waals surface area contributed by atoms with E-state index in [1.54, 1.807) is 6.07 Å². The van der Waals surface area contributed by atoms with Crippen LogP contribution in [0.3, 0.4) is 0 Å². The lowest BCUT2D eigenvalue weighted by atomic mass is 10.0. The smallest absolute Gasteiger partial charge is 0.333 e. The number of rotatable bonds is 4. The Kier molecular flexibility index (Phi) is 4.76. The van der Waals surface area contributed by atoms with Crippen molar-refractivity contribution >= 4 is 27.8 Å². The van der Waals surface area contributed by atoms with Gasteiger partial charge in [-0.25, -0.2) is 9.18 Å². The van der Waals surface area contributed by atoms with Gasteiger partial charge in [0.15, 0.2) is 6.04 Å². The minimum absolute atomic E-state index is 0.223. The van der Waals surface area contributed by atoms with E-state index in [-0.39, 0.29) is 18.0 Å². The molecule has 0 fully saturated rings. The van der Waals surface area contributed by atoms with Crippen LogP contribution in [0, 0.1) is 5.82 Å². The van der Waals surface area contributed by atoms with Crippen molar-refractivity contribution in [2.45, 2.75) is 12.6 Å². The van der Waals surface area contributed by atoms with Gasteiger partial charge < -0.3 is 14.4 Å². The molecule has 2 aromatic carbocycles. The molecule has 7 heteroatoms. The number of hydrogen-bond acceptors (Lipinski definition) is 4. The SMILES string of the molecule is COC(=O)[C@@H](c1cc(F)ccc1OC)N1Cc2ccc(Br)cc2C1=O. The number of ether oxygens (including phenoxy) is 2. The Morgan fingerprint density at radius 3 is 2.68 bits per heavy atom. The highest BCUT2D eigenvalue weighted by Crippen LogP contribution is 2.37. The van der Waals surface area contributed by atoms with Gasteiger partial charge in [0.05, 0.1) is 14.2 Å². The molecule has 0 N–H and O–H groups in total. The van der Waals surface area contributed by atoms with Crippen molar-refractivity contribution in [3.8, 4) is 5.75 Å². The summed E-state index contributed by atoms with van der Waals surface area (Å²) in [6, 6.07) is 8.08. The Morgan fingerprint density at radius 2 is 2.00 bits per heavy atom. The normalized spacial score (nSPS) is 14.2. The Labute approximate surface area is 152 Å². The van der Waals surface area contributed by atoms with Crippen molar-refractivity contribution < 1.29 is 23.5 Å². The number of halogens is 2. The summed E-state index contributed by atoms with van der Waals surface area (Å²) in [6.07, 6.45) is 0. The first kappa shape index (κ1) is 17.4. The minimum Gasteiger partial charge on any atom is -0.496 e. The predicted molar refractivity (Wildman–Crippen MR) is 91.7 cm³/mol. The maximum absolute atomic E-state index is 13.8. The molecule has 1 atom stereocenters. The second-order valence-corrected chi connectivity index (χ2v) is 6.46. The van der Waals surface area contributed by atoms with E-state index >= 15 is 0 Å². The first-order valence-electron chi connectivity index (χ1n) is 7.47. The zero-order valence-corrected chi connectivity index (χ0v) is 15.2. The molecule has 25 heavy (non-hydrogen) atoms. The van der Waals surface area contributed by atoms with Crippen LogP contribution >= 0.6 is 15.9 Å². The Hall–Kier alpha value is -2.41. The summed E-state index contributed by atoms with van der Waals surface area (Å²) in [5.74, 6) is -1.21. The maximum atomic E-state index is 13.8. The van der Waals surface area contributed by atoms with Crippen molar-refractivity contribution in [2.75, 3.05) is 14.2 Å². The molecule has 0 bridgehead atoms. The number of amides is 1. The summed E-state index contributed by atoms with van der Waals surface area (Å²) in [6.45, 7) is 0.223. The largest absolute Gasteiger partial charge is 0.496 e. The lowest BCUT2D eigenvalue weighted by Gasteiger charge is -2.27. The van der Waals surface area contributed by atoms with Gasteiger partial charge in [-0.1, -0.05) is 22.0 Å². The van der Waals surface area contributed by atoms with E-state index < -0.39 is 17.8 Å². The van der Waals surface area contributed by atoms with E-state index in [0.29, 0.717) is 11.3 Å². The fourth-order valence-electron chi connectivity index (χ4n) is 2.96. The molecule has 1 aliphatic heterocycles. The highest BCUT2D eigenvalue weighted by atomic mass is 79.9. The molecule has 0 radical (unpaired) electrons. The summed E-state index contributed by atoms with van der Waals surface area (Å²) >= 11 is 3.34. The molecule has 130 valence electrons. The Morgan fingerprint density at radius 1 is 1.24 bits per heavy atom. The van der Waals surface area contributed by atoms with E-state index in [9.17, 15) is 14.0 Å². The van der Waals surface area contributed by atoms with Gasteiger partial charge >= 0.3 is 5.97 Å². The van der Waals surface area contributed by atoms with Gasteiger partial charge in [0.1, 0.15) is 11.6 Å². The second kappa shape index (κ2) is 6.84. The monoisotopic (exact) mass is 407 g/mol. The van der Waals surface area contributed by atoms with Crippen LogP contribution in [-0.2, 0) is 16.1 Å². The molecule has 1 amide bonds. The highest BCUT2D eigenvalue weighted by molar-refractivity contribution is 9.10. The lowest BCUT2D eigenvalue weighted by molar-refractivity contribution is -0.146. The van der Waals surface area contributed by atoms with Crippen molar-refractivity contribution in [3.05, 3.63) is 63.4 Å². The maximum Gasteiger partial charge on any atom is 0.333 e. The number of hydrogen-bond donors (Lipinski definition) is 0. The first-order valence-corrected chi connectivity index (χ1v) is 8.26. The molecule has 5 nitrogen and oxygen atoms in total. The van der Waals surface area contributed by atoms with Crippen molar-refractivity contribution in [1.29, 1.82) is 0 Å². The number of methoxy groups -OCH3 is 2. The quantitative estimate of drug-likeness (QED) is 0.728. The molecule has 1 aliphatic rings. The van der Waals surface area contributed by atoms with E-state index in [1.807, 2.05) is 12.1 Å². The van der Waals surface area contributed by atoms with Gasteiger partial charge in [0.25, 0.3) is 5.91 Å². The second-order valence-electron chi connectivity index (χ2n) is 5.55. The van der Waals surface area contributed by atoms with Gasteiger partial charge in [-0.15, -0.1) is 0 Å². The van der Waals surface area contributed by atoms with Crippen LogP contribution in [0.5, 0.6) is 5.75 Å². The van der Waals surface area contributed by atoms with Crippen LogP contribution in [-0.4, -0.2) is 31.0 Å². The van der Waals surface area contributed by atoms with Crippen LogP contribution in [0.1, 0.15) is 27.5 Å². The summed E-state index contributed by atoms with van der Waals surface area (Å²) in [5.41, 5.74) is 1.53. The number of carbonyl (C=O) groups is 2.